The van der Waals surface area contributed by atoms with Gasteiger partial charge in [0.05, 0.1) is 43.7 Å². The van der Waals surface area contributed by atoms with E-state index in [2.05, 4.69) is 31.2 Å². The highest BCUT2D eigenvalue weighted by atomic mass is 16.7. The number of aliphatic hydroxyl groups is 7. The van der Waals surface area contributed by atoms with Crippen molar-refractivity contribution in [2.24, 2.45) is 0 Å². The summed E-state index contributed by atoms with van der Waals surface area (Å²) in [5.74, 6) is 1.26. The summed E-state index contributed by atoms with van der Waals surface area (Å²) in [6.07, 6.45) is -9.81. The van der Waals surface area contributed by atoms with E-state index >= 15 is 0 Å². The van der Waals surface area contributed by atoms with E-state index in [9.17, 15) is 35.7 Å². The number of fused-ring (bicyclic) bond motifs is 3. The highest BCUT2D eigenvalue weighted by molar-refractivity contribution is 5.82. The molecule has 0 saturated carbocycles. The Labute approximate surface area is 310 Å². The predicted octanol–water partition coefficient (Wildman–Crippen LogP) is 1.94. The number of unbranched alkanes of at least 4 members (excludes halogenated alkanes) is 2. The Balaban J connectivity index is 1.15. The molecule has 14 nitrogen and oxygen atoms in total. The van der Waals surface area contributed by atoms with E-state index in [-0.39, 0.29) is 25.9 Å². The second kappa shape index (κ2) is 17.1. The average Bonchev–Trinajstić information content (AvgIpc) is 3.11. The van der Waals surface area contributed by atoms with Gasteiger partial charge in [0.2, 0.25) is 6.29 Å². The summed E-state index contributed by atoms with van der Waals surface area (Å²) in [7, 11) is 0. The van der Waals surface area contributed by atoms with Crippen LogP contribution in [0.2, 0.25) is 0 Å². The molecule has 0 aromatic heterocycles. The molecule has 12 atom stereocenters. The van der Waals surface area contributed by atoms with E-state index in [4.69, 9.17) is 33.2 Å². The lowest BCUT2D eigenvalue weighted by Crippen LogP contribution is -2.57. The molecule has 0 aliphatic carbocycles. The molecule has 0 amide bonds. The summed E-state index contributed by atoms with van der Waals surface area (Å²) in [6.45, 7) is 6.96. The van der Waals surface area contributed by atoms with Crippen LogP contribution in [0.5, 0.6) is 11.5 Å². The maximum absolute atomic E-state index is 11.4. The van der Waals surface area contributed by atoms with Crippen LogP contribution in [-0.4, -0.2) is 129 Å². The van der Waals surface area contributed by atoms with Crippen LogP contribution < -0.4 is 9.47 Å². The summed E-state index contributed by atoms with van der Waals surface area (Å²) in [4.78, 5) is 0. The third-order valence-electron chi connectivity index (χ3n) is 10.6. The molecule has 4 aliphatic rings. The summed E-state index contributed by atoms with van der Waals surface area (Å²) >= 11 is 0. The second-order valence-corrected chi connectivity index (χ2v) is 15.2. The van der Waals surface area contributed by atoms with Crippen LogP contribution in [0.4, 0.5) is 0 Å². The number of benzene rings is 2. The van der Waals surface area contributed by atoms with Gasteiger partial charge in [0, 0.05) is 24.8 Å². The summed E-state index contributed by atoms with van der Waals surface area (Å²) < 4.78 is 42.6. The lowest BCUT2D eigenvalue weighted by molar-refractivity contribution is -0.322. The third kappa shape index (κ3) is 9.01. The zero-order valence-electron chi connectivity index (χ0n) is 30.9. The molecule has 53 heavy (non-hydrogen) atoms. The van der Waals surface area contributed by atoms with E-state index in [0.29, 0.717) is 11.5 Å². The normalized spacial score (nSPS) is 35.2. The third-order valence-corrected chi connectivity index (χ3v) is 10.6. The van der Waals surface area contributed by atoms with Crippen LogP contribution in [0, 0.1) is 6.92 Å². The fourth-order valence-electron chi connectivity index (χ4n) is 7.67. The molecular weight excluding hydrogens is 692 g/mol. The van der Waals surface area contributed by atoms with Crippen molar-refractivity contribution < 1.29 is 68.9 Å². The molecule has 6 rings (SSSR count). The van der Waals surface area contributed by atoms with Gasteiger partial charge >= 0.3 is 0 Å². The molecule has 7 N–H and O–H groups in total. The van der Waals surface area contributed by atoms with Gasteiger partial charge in [-0.25, -0.2) is 0 Å². The van der Waals surface area contributed by atoms with E-state index in [1.807, 2.05) is 26.8 Å². The fourth-order valence-corrected chi connectivity index (χ4v) is 7.67. The standard InChI is InChI=1S/C39H56O14/c1-5-6-7-8-21-12-27(35-22-11-20(2)9-10-23(22)39(3,4)53-28(35)13-21)48-33-16-26(44)38(30(18-41)50-33)52-34-15-25(43)37(46)31(51-34)19-47-32-14-24(42)36(45)29(17-40)49-32/h9-13,24-26,29-34,36-38,40-46H,5-8,14-19H2,1-4H3/t24?,25?,26?,29?,30?,31?,32-,33?,34+,36-,37-,38-/m0/s1. The molecule has 14 heteroatoms. The molecule has 2 aromatic carbocycles. The Kier molecular flexibility index (Phi) is 13.0. The smallest absolute Gasteiger partial charge is 0.202 e. The predicted molar refractivity (Wildman–Crippen MR) is 189 cm³/mol. The number of aliphatic hydroxyl groups excluding tert-OH is 7. The van der Waals surface area contributed by atoms with Crippen molar-refractivity contribution in [2.45, 2.75) is 152 Å². The Hall–Kier alpha value is -2.44. The maximum Gasteiger partial charge on any atom is 0.202 e. The zero-order valence-corrected chi connectivity index (χ0v) is 30.9. The number of hydrogen-bond acceptors (Lipinski definition) is 14. The SMILES string of the molecule is CCCCCc1cc(OC2CC(O)[C@H](O[C@@H]3CC(O)[C@H](O)C(CO[C@@H]4CC(O)[C@H](O)C(CO)O4)O3)C(CO)O2)c2c(c1)OC(C)(C)c1ccc(C)cc1-2. The van der Waals surface area contributed by atoms with Crippen LogP contribution in [0.25, 0.3) is 11.1 Å². The van der Waals surface area contributed by atoms with Crippen molar-refractivity contribution in [1.82, 2.24) is 0 Å². The molecule has 4 aliphatic heterocycles. The minimum atomic E-state index is -1.35. The fraction of sp³-hybridized carbons (Fsp3) is 0.692. The van der Waals surface area contributed by atoms with E-state index < -0.39 is 92.6 Å². The number of aryl methyl sites for hydroxylation is 2. The largest absolute Gasteiger partial charge is 0.482 e. The average molecular weight is 749 g/mol. The van der Waals surface area contributed by atoms with Crippen molar-refractivity contribution in [2.75, 3.05) is 19.8 Å². The molecule has 0 radical (unpaired) electrons. The molecule has 0 spiro atoms. The van der Waals surface area contributed by atoms with Gasteiger partial charge in [-0.05, 0) is 56.9 Å². The van der Waals surface area contributed by atoms with Gasteiger partial charge < -0.3 is 68.9 Å². The number of rotatable bonds is 13. The van der Waals surface area contributed by atoms with Crippen molar-refractivity contribution in [3.8, 4) is 22.6 Å². The van der Waals surface area contributed by atoms with Crippen LogP contribution >= 0.6 is 0 Å². The van der Waals surface area contributed by atoms with Gasteiger partial charge in [-0.1, -0.05) is 43.5 Å². The molecule has 3 saturated heterocycles. The van der Waals surface area contributed by atoms with Gasteiger partial charge in [0.15, 0.2) is 12.6 Å². The molecule has 296 valence electrons. The van der Waals surface area contributed by atoms with Crippen LogP contribution in [0.3, 0.4) is 0 Å². The van der Waals surface area contributed by atoms with Crippen molar-refractivity contribution in [3.63, 3.8) is 0 Å². The van der Waals surface area contributed by atoms with Crippen molar-refractivity contribution in [3.05, 3.63) is 47.0 Å². The Morgan fingerprint density at radius 2 is 1.43 bits per heavy atom. The first kappa shape index (κ1) is 40.2. The van der Waals surface area contributed by atoms with Crippen molar-refractivity contribution in [1.29, 1.82) is 0 Å². The quantitative estimate of drug-likeness (QED) is 0.146. The zero-order chi connectivity index (χ0) is 38.0. The lowest BCUT2D eigenvalue weighted by atomic mass is 9.84. The van der Waals surface area contributed by atoms with Crippen LogP contribution in [0.1, 0.15) is 76.0 Å². The summed E-state index contributed by atoms with van der Waals surface area (Å²) in [5, 5.41) is 72.7. The van der Waals surface area contributed by atoms with Crippen LogP contribution in [0.15, 0.2) is 30.3 Å². The first-order valence-electron chi connectivity index (χ1n) is 18.8. The first-order valence-corrected chi connectivity index (χ1v) is 18.8. The Morgan fingerprint density at radius 1 is 0.774 bits per heavy atom. The minimum absolute atomic E-state index is 0.00726. The second-order valence-electron chi connectivity index (χ2n) is 15.2. The highest BCUT2D eigenvalue weighted by Crippen LogP contribution is 2.51. The monoisotopic (exact) mass is 748 g/mol. The van der Waals surface area contributed by atoms with E-state index in [1.54, 1.807) is 0 Å². The van der Waals surface area contributed by atoms with Gasteiger partial charge in [-0.3, -0.25) is 0 Å². The minimum Gasteiger partial charge on any atom is -0.482 e. The molecule has 7 unspecified atom stereocenters. The molecule has 2 aromatic rings. The Bertz CT molecular complexity index is 1520. The molecular formula is C39H56O14. The number of ether oxygens (including phenoxy) is 7. The van der Waals surface area contributed by atoms with Crippen LogP contribution in [-0.2, 0) is 35.7 Å². The summed E-state index contributed by atoms with van der Waals surface area (Å²) in [5.41, 5.74) is 4.38. The van der Waals surface area contributed by atoms with Gasteiger partial charge in [0.1, 0.15) is 53.7 Å². The molecule has 0 bridgehead atoms. The Morgan fingerprint density at radius 3 is 2.15 bits per heavy atom. The highest BCUT2D eigenvalue weighted by Gasteiger charge is 2.46. The first-order chi connectivity index (χ1) is 25.3. The molecule has 4 heterocycles. The van der Waals surface area contributed by atoms with Gasteiger partial charge in [-0.2, -0.15) is 0 Å². The van der Waals surface area contributed by atoms with E-state index in [0.717, 1.165) is 53.5 Å². The van der Waals surface area contributed by atoms with Crippen molar-refractivity contribution >= 4 is 0 Å². The molecule has 3 fully saturated rings. The summed E-state index contributed by atoms with van der Waals surface area (Å²) in [6, 6.07) is 10.3. The van der Waals surface area contributed by atoms with Gasteiger partial charge in [0.25, 0.3) is 0 Å². The number of hydrogen-bond donors (Lipinski definition) is 7. The van der Waals surface area contributed by atoms with Gasteiger partial charge in [-0.15, -0.1) is 0 Å². The van der Waals surface area contributed by atoms with E-state index in [1.165, 1.54) is 0 Å². The lowest BCUT2D eigenvalue weighted by Gasteiger charge is -2.43. The maximum atomic E-state index is 11.4. The topological polar surface area (TPSA) is 206 Å².